The van der Waals surface area contributed by atoms with Gasteiger partial charge in [0.1, 0.15) is 0 Å². The first-order valence-corrected chi connectivity index (χ1v) is 13.5. The highest BCUT2D eigenvalue weighted by Gasteiger charge is 2.44. The molecule has 0 unspecified atom stereocenters. The van der Waals surface area contributed by atoms with Gasteiger partial charge < -0.3 is 19.5 Å². The molecule has 2 aromatic rings. The summed E-state index contributed by atoms with van der Waals surface area (Å²) >= 11 is 5.97. The second-order valence-corrected chi connectivity index (χ2v) is 10.5. The number of hydrogen-bond donors (Lipinski definition) is 1. The third-order valence-corrected chi connectivity index (χ3v) is 8.32. The van der Waals surface area contributed by atoms with Crippen molar-refractivity contribution in [3.63, 3.8) is 0 Å². The monoisotopic (exact) mass is 481 g/mol. The Labute approximate surface area is 209 Å². The third kappa shape index (κ3) is 4.88. The fourth-order valence-corrected chi connectivity index (χ4v) is 6.59. The van der Waals surface area contributed by atoms with Gasteiger partial charge in [-0.2, -0.15) is 0 Å². The van der Waals surface area contributed by atoms with Crippen molar-refractivity contribution >= 4 is 17.3 Å². The van der Waals surface area contributed by atoms with E-state index in [1.807, 2.05) is 12.3 Å². The summed E-state index contributed by atoms with van der Waals surface area (Å²) in [5.41, 5.74) is 5.19. The Kier molecular flexibility index (Phi) is 7.52. The van der Waals surface area contributed by atoms with Crippen LogP contribution < -0.4 is 5.32 Å². The van der Waals surface area contributed by atoms with Crippen LogP contribution in [-0.2, 0) is 11.3 Å². The first-order valence-electron chi connectivity index (χ1n) is 13.1. The van der Waals surface area contributed by atoms with Gasteiger partial charge in [0, 0.05) is 49.8 Å². The summed E-state index contributed by atoms with van der Waals surface area (Å²) < 4.78 is 8.02. The van der Waals surface area contributed by atoms with Crippen molar-refractivity contribution in [1.29, 1.82) is 0 Å². The van der Waals surface area contributed by atoms with Gasteiger partial charge in [-0.1, -0.05) is 25.3 Å². The van der Waals surface area contributed by atoms with Crippen LogP contribution >= 0.6 is 12.2 Å². The predicted octanol–water partition coefficient (Wildman–Crippen LogP) is 4.53. The van der Waals surface area contributed by atoms with E-state index >= 15 is 0 Å². The van der Waals surface area contributed by atoms with Gasteiger partial charge in [0.15, 0.2) is 5.11 Å². The smallest absolute Gasteiger partial charge is 0.170 e. The largest absolute Gasteiger partial charge is 0.379 e. The fourth-order valence-electron chi connectivity index (χ4n) is 6.20. The molecule has 4 heterocycles. The van der Waals surface area contributed by atoms with Crippen molar-refractivity contribution in [1.82, 2.24) is 24.7 Å². The SMILES string of the molecule is Cc1cc([C@@H]2[C@H](c3ccccn3)NC(=S)N2C2CCCCC2)c(C)n1CCCN1CCOCC1. The van der Waals surface area contributed by atoms with E-state index < -0.39 is 0 Å². The number of nitrogens with zero attached hydrogens (tertiary/aromatic N) is 4. The van der Waals surface area contributed by atoms with Crippen molar-refractivity contribution in [2.45, 2.75) is 77.0 Å². The summed E-state index contributed by atoms with van der Waals surface area (Å²) in [5, 5.41) is 4.57. The summed E-state index contributed by atoms with van der Waals surface area (Å²) in [4.78, 5) is 9.80. The van der Waals surface area contributed by atoms with E-state index in [0.29, 0.717) is 6.04 Å². The van der Waals surface area contributed by atoms with Crippen molar-refractivity contribution in [3.8, 4) is 0 Å². The van der Waals surface area contributed by atoms with Gasteiger partial charge in [-0.3, -0.25) is 9.88 Å². The van der Waals surface area contributed by atoms with E-state index in [4.69, 9.17) is 21.9 Å². The summed E-state index contributed by atoms with van der Waals surface area (Å²) in [7, 11) is 0. The molecule has 3 aliphatic rings. The molecule has 2 saturated heterocycles. The van der Waals surface area contributed by atoms with Gasteiger partial charge in [0.2, 0.25) is 0 Å². The minimum Gasteiger partial charge on any atom is -0.379 e. The second-order valence-electron chi connectivity index (χ2n) is 10.1. The Morgan fingerprint density at radius 1 is 1.09 bits per heavy atom. The second kappa shape index (κ2) is 10.8. The topological polar surface area (TPSA) is 45.6 Å². The molecule has 0 radical (unpaired) electrons. The zero-order chi connectivity index (χ0) is 23.5. The quantitative estimate of drug-likeness (QED) is 0.587. The summed E-state index contributed by atoms with van der Waals surface area (Å²) in [5.74, 6) is 0. The summed E-state index contributed by atoms with van der Waals surface area (Å²) in [6, 6.07) is 9.40. The molecule has 2 aromatic heterocycles. The van der Waals surface area contributed by atoms with Crippen LogP contribution in [0, 0.1) is 13.8 Å². The highest BCUT2D eigenvalue weighted by Crippen LogP contribution is 2.44. The Bertz CT molecular complexity index is 965. The van der Waals surface area contributed by atoms with Crippen molar-refractivity contribution in [2.75, 3.05) is 32.8 Å². The Morgan fingerprint density at radius 2 is 1.88 bits per heavy atom. The lowest BCUT2D eigenvalue weighted by atomic mass is 9.90. The number of aromatic nitrogens is 2. The van der Waals surface area contributed by atoms with Crippen LogP contribution in [0.25, 0.3) is 0 Å². The molecule has 0 bridgehead atoms. The number of aryl methyl sites for hydroxylation is 1. The molecule has 7 heteroatoms. The maximum absolute atomic E-state index is 5.97. The zero-order valence-electron chi connectivity index (χ0n) is 20.7. The molecule has 34 heavy (non-hydrogen) atoms. The van der Waals surface area contributed by atoms with Crippen LogP contribution in [0.3, 0.4) is 0 Å². The molecule has 0 aromatic carbocycles. The van der Waals surface area contributed by atoms with Crippen LogP contribution in [0.1, 0.15) is 73.3 Å². The average Bonchev–Trinajstić information content (AvgIpc) is 3.36. The lowest BCUT2D eigenvalue weighted by Gasteiger charge is -2.37. The number of ether oxygens (including phenoxy) is 1. The highest BCUT2D eigenvalue weighted by atomic mass is 32.1. The first-order chi connectivity index (χ1) is 16.6. The van der Waals surface area contributed by atoms with E-state index in [0.717, 1.165) is 56.6 Å². The van der Waals surface area contributed by atoms with Gasteiger partial charge in [0.05, 0.1) is 31.0 Å². The van der Waals surface area contributed by atoms with Crippen molar-refractivity contribution < 1.29 is 4.74 Å². The van der Waals surface area contributed by atoms with Crippen LogP contribution in [0.5, 0.6) is 0 Å². The van der Waals surface area contributed by atoms with Crippen LogP contribution in [0.2, 0.25) is 0 Å². The van der Waals surface area contributed by atoms with Gasteiger partial charge in [-0.15, -0.1) is 0 Å². The maximum Gasteiger partial charge on any atom is 0.170 e. The van der Waals surface area contributed by atoms with Gasteiger partial charge in [-0.25, -0.2) is 0 Å². The first kappa shape index (κ1) is 23.8. The molecule has 1 N–H and O–H groups in total. The van der Waals surface area contributed by atoms with Gasteiger partial charge >= 0.3 is 0 Å². The lowest BCUT2D eigenvalue weighted by Crippen LogP contribution is -2.40. The van der Waals surface area contributed by atoms with E-state index in [1.54, 1.807) is 0 Å². The summed E-state index contributed by atoms with van der Waals surface area (Å²) in [6.07, 6.45) is 9.45. The molecular weight excluding hydrogens is 442 g/mol. The number of thiocarbonyl (C=S) groups is 1. The molecule has 3 fully saturated rings. The van der Waals surface area contributed by atoms with Crippen LogP contribution in [0.15, 0.2) is 30.5 Å². The number of rotatable bonds is 7. The van der Waals surface area contributed by atoms with Gasteiger partial charge in [-0.05, 0) is 69.1 Å². The fraction of sp³-hybridized carbons (Fsp3) is 0.630. The third-order valence-electron chi connectivity index (χ3n) is 7.99. The Morgan fingerprint density at radius 3 is 2.62 bits per heavy atom. The average molecular weight is 482 g/mol. The van der Waals surface area contributed by atoms with E-state index in [2.05, 4.69) is 51.7 Å². The van der Waals surface area contributed by atoms with Gasteiger partial charge in [0.25, 0.3) is 0 Å². The van der Waals surface area contributed by atoms with E-state index in [-0.39, 0.29) is 12.1 Å². The minimum atomic E-state index is 0.0814. The highest BCUT2D eigenvalue weighted by molar-refractivity contribution is 7.80. The zero-order valence-corrected chi connectivity index (χ0v) is 21.5. The van der Waals surface area contributed by atoms with Crippen LogP contribution in [0.4, 0.5) is 0 Å². The lowest BCUT2D eigenvalue weighted by molar-refractivity contribution is 0.0369. The molecule has 5 rings (SSSR count). The van der Waals surface area contributed by atoms with Crippen molar-refractivity contribution in [3.05, 3.63) is 53.1 Å². The minimum absolute atomic E-state index is 0.0814. The number of pyridine rings is 1. The molecule has 2 aliphatic heterocycles. The molecule has 184 valence electrons. The Balaban J connectivity index is 1.41. The molecule has 1 saturated carbocycles. The molecule has 1 aliphatic carbocycles. The molecular formula is C27H39N5OS. The summed E-state index contributed by atoms with van der Waals surface area (Å²) in [6.45, 7) is 10.6. The van der Waals surface area contributed by atoms with E-state index in [9.17, 15) is 0 Å². The van der Waals surface area contributed by atoms with E-state index in [1.165, 1.54) is 49.1 Å². The molecule has 0 amide bonds. The normalized spacial score (nSPS) is 24.5. The van der Waals surface area contributed by atoms with Crippen molar-refractivity contribution in [2.24, 2.45) is 0 Å². The number of hydrogen-bond acceptors (Lipinski definition) is 4. The predicted molar refractivity (Wildman–Crippen MR) is 140 cm³/mol. The Hall–Kier alpha value is -1.96. The number of nitrogens with one attached hydrogen (secondary N) is 1. The standard InChI is InChI=1S/C27H39N5OS/c1-20-19-23(21(2)31(20)14-8-13-30-15-17-33-18-16-30)26-25(24-11-6-7-12-28-24)29-27(34)32(26)22-9-4-3-5-10-22/h6-7,11-12,19,22,25-26H,3-5,8-10,13-18H2,1-2H3,(H,29,34)/t25-,26+/m0/s1. The molecule has 0 spiro atoms. The maximum atomic E-state index is 5.97. The number of morpholine rings is 1. The molecule has 6 nitrogen and oxygen atoms in total. The van der Waals surface area contributed by atoms with Crippen LogP contribution in [-0.4, -0.2) is 63.4 Å². The molecule has 2 atom stereocenters.